The molecule has 2 N–H and O–H groups in total. The normalized spacial score (nSPS) is 24.9. The Morgan fingerprint density at radius 1 is 1.47 bits per heavy atom. The van der Waals surface area contributed by atoms with Crippen molar-refractivity contribution in [3.8, 4) is 0 Å². The molecule has 0 spiro atoms. The van der Waals surface area contributed by atoms with E-state index >= 15 is 0 Å². The standard InChI is InChI=1S/C15H24N2OS/c1-12-5-3-4-6-14(12)16-15(18)10-17(2)9-13-7-8-19-11-13/h7-8,11-12,14H,3-6,9-10H2,1-2H3,(H,16,18)/p+1/t12-,14-/m1/s1. The molecule has 1 aliphatic carbocycles. The molecule has 4 heteroatoms. The van der Waals surface area contributed by atoms with Gasteiger partial charge in [0.2, 0.25) is 0 Å². The molecule has 1 heterocycles. The summed E-state index contributed by atoms with van der Waals surface area (Å²) in [5.41, 5.74) is 1.32. The van der Waals surface area contributed by atoms with Gasteiger partial charge in [0.15, 0.2) is 6.54 Å². The van der Waals surface area contributed by atoms with E-state index in [0.29, 0.717) is 18.5 Å². The van der Waals surface area contributed by atoms with Crippen LogP contribution in [0.2, 0.25) is 0 Å². The van der Waals surface area contributed by atoms with Crippen LogP contribution >= 0.6 is 11.3 Å². The number of likely N-dealkylation sites (N-methyl/N-ethyl adjacent to an activating group) is 1. The van der Waals surface area contributed by atoms with E-state index in [0.717, 1.165) is 13.0 Å². The van der Waals surface area contributed by atoms with Crippen molar-refractivity contribution in [2.24, 2.45) is 5.92 Å². The minimum absolute atomic E-state index is 0.200. The first kappa shape index (κ1) is 14.5. The Morgan fingerprint density at radius 2 is 2.26 bits per heavy atom. The Kier molecular flexibility index (Phi) is 5.40. The molecule has 1 amide bonds. The third-order valence-electron chi connectivity index (χ3n) is 4.01. The molecule has 1 aliphatic rings. The van der Waals surface area contributed by atoms with Gasteiger partial charge in [0.25, 0.3) is 5.91 Å². The maximum atomic E-state index is 12.1. The van der Waals surface area contributed by atoms with E-state index in [2.05, 4.69) is 36.1 Å². The first-order valence-corrected chi connectivity index (χ1v) is 8.21. The molecule has 1 fully saturated rings. The van der Waals surface area contributed by atoms with E-state index in [-0.39, 0.29) is 5.91 Å². The van der Waals surface area contributed by atoms with Gasteiger partial charge in [-0.25, -0.2) is 0 Å². The SMILES string of the molecule is C[C@@H]1CCCC[C@H]1NC(=O)C[NH+](C)Cc1ccsc1. The third-order valence-corrected chi connectivity index (χ3v) is 4.74. The van der Waals surface area contributed by atoms with Gasteiger partial charge in [-0.2, -0.15) is 11.3 Å². The van der Waals surface area contributed by atoms with E-state index in [1.54, 1.807) is 11.3 Å². The smallest absolute Gasteiger partial charge is 0.275 e. The number of hydrogen-bond acceptors (Lipinski definition) is 2. The molecular weight excluding hydrogens is 256 g/mol. The minimum Gasteiger partial charge on any atom is -0.348 e. The number of nitrogens with one attached hydrogen (secondary N) is 2. The minimum atomic E-state index is 0.200. The summed E-state index contributed by atoms with van der Waals surface area (Å²) in [6.07, 6.45) is 4.97. The summed E-state index contributed by atoms with van der Waals surface area (Å²) in [6, 6.07) is 2.53. The maximum absolute atomic E-state index is 12.1. The van der Waals surface area contributed by atoms with Crippen molar-refractivity contribution in [3.05, 3.63) is 22.4 Å². The van der Waals surface area contributed by atoms with Crippen molar-refractivity contribution in [2.45, 2.75) is 45.2 Å². The van der Waals surface area contributed by atoms with Crippen LogP contribution in [0.15, 0.2) is 16.8 Å². The van der Waals surface area contributed by atoms with Crippen LogP contribution in [0.4, 0.5) is 0 Å². The molecule has 1 aromatic heterocycles. The van der Waals surface area contributed by atoms with Crippen LogP contribution in [0.5, 0.6) is 0 Å². The summed E-state index contributed by atoms with van der Waals surface area (Å²) in [4.78, 5) is 13.3. The van der Waals surface area contributed by atoms with Crippen molar-refractivity contribution in [1.29, 1.82) is 0 Å². The third kappa shape index (κ3) is 4.62. The topological polar surface area (TPSA) is 33.5 Å². The van der Waals surface area contributed by atoms with E-state index in [1.807, 2.05) is 0 Å². The first-order valence-electron chi connectivity index (χ1n) is 7.27. The van der Waals surface area contributed by atoms with Gasteiger partial charge in [-0.05, 0) is 35.6 Å². The quantitative estimate of drug-likeness (QED) is 0.842. The molecular formula is C15H25N2OS+. The van der Waals surface area contributed by atoms with Gasteiger partial charge in [-0.15, -0.1) is 0 Å². The predicted octanol–water partition coefficient (Wildman–Crippen LogP) is 1.46. The summed E-state index contributed by atoms with van der Waals surface area (Å²) in [6.45, 7) is 3.75. The van der Waals surface area contributed by atoms with Crippen LogP contribution in [-0.2, 0) is 11.3 Å². The number of carbonyl (C=O) groups excluding carboxylic acids is 1. The van der Waals surface area contributed by atoms with Gasteiger partial charge in [-0.3, -0.25) is 4.79 Å². The molecule has 1 unspecified atom stereocenters. The first-order chi connectivity index (χ1) is 9.15. The molecule has 3 nitrogen and oxygen atoms in total. The molecule has 106 valence electrons. The molecule has 19 heavy (non-hydrogen) atoms. The van der Waals surface area contributed by atoms with Crippen LogP contribution in [0, 0.1) is 5.92 Å². The van der Waals surface area contributed by atoms with Crippen molar-refractivity contribution < 1.29 is 9.69 Å². The van der Waals surface area contributed by atoms with E-state index in [1.165, 1.54) is 29.7 Å². The fourth-order valence-corrected chi connectivity index (χ4v) is 3.54. The van der Waals surface area contributed by atoms with Crippen LogP contribution < -0.4 is 10.2 Å². The maximum Gasteiger partial charge on any atom is 0.275 e. The van der Waals surface area contributed by atoms with Gasteiger partial charge in [0.1, 0.15) is 6.54 Å². The number of rotatable bonds is 5. The Bertz CT molecular complexity index is 391. The average molecular weight is 281 g/mol. The van der Waals surface area contributed by atoms with Gasteiger partial charge in [0, 0.05) is 11.6 Å². The zero-order valence-electron chi connectivity index (χ0n) is 11.9. The summed E-state index contributed by atoms with van der Waals surface area (Å²) >= 11 is 1.72. The number of hydrogen-bond donors (Lipinski definition) is 2. The highest BCUT2D eigenvalue weighted by molar-refractivity contribution is 7.07. The Labute approximate surface area is 120 Å². The second-order valence-corrected chi connectivity index (χ2v) is 6.66. The lowest BCUT2D eigenvalue weighted by molar-refractivity contribution is -0.885. The monoisotopic (exact) mass is 281 g/mol. The molecule has 0 aromatic carbocycles. The summed E-state index contributed by atoms with van der Waals surface area (Å²) in [5.74, 6) is 0.835. The van der Waals surface area contributed by atoms with Crippen LogP contribution in [-0.4, -0.2) is 25.5 Å². The Morgan fingerprint density at radius 3 is 2.95 bits per heavy atom. The van der Waals surface area contributed by atoms with Crippen molar-refractivity contribution in [3.63, 3.8) is 0 Å². The highest BCUT2D eigenvalue weighted by atomic mass is 32.1. The lowest BCUT2D eigenvalue weighted by atomic mass is 9.86. The second-order valence-electron chi connectivity index (χ2n) is 5.88. The lowest BCUT2D eigenvalue weighted by Crippen LogP contribution is -3.09. The fourth-order valence-electron chi connectivity index (χ4n) is 2.87. The van der Waals surface area contributed by atoms with E-state index < -0.39 is 0 Å². The molecule has 1 saturated carbocycles. The van der Waals surface area contributed by atoms with Crippen LogP contribution in [0.1, 0.15) is 38.2 Å². The average Bonchev–Trinajstić information content (AvgIpc) is 2.84. The zero-order chi connectivity index (χ0) is 13.7. The highest BCUT2D eigenvalue weighted by Crippen LogP contribution is 2.23. The number of carbonyl (C=O) groups is 1. The molecule has 0 radical (unpaired) electrons. The van der Waals surface area contributed by atoms with Crippen LogP contribution in [0.25, 0.3) is 0 Å². The van der Waals surface area contributed by atoms with Gasteiger partial charge >= 0.3 is 0 Å². The van der Waals surface area contributed by atoms with Gasteiger partial charge < -0.3 is 10.2 Å². The number of amides is 1. The van der Waals surface area contributed by atoms with Crippen molar-refractivity contribution in [1.82, 2.24) is 5.32 Å². The van der Waals surface area contributed by atoms with Crippen molar-refractivity contribution >= 4 is 17.2 Å². The Balaban J connectivity index is 1.74. The lowest BCUT2D eigenvalue weighted by Gasteiger charge is -2.29. The summed E-state index contributed by atoms with van der Waals surface area (Å²) < 4.78 is 0. The molecule has 0 aliphatic heterocycles. The highest BCUT2D eigenvalue weighted by Gasteiger charge is 2.23. The van der Waals surface area contributed by atoms with Gasteiger partial charge in [-0.1, -0.05) is 19.8 Å². The largest absolute Gasteiger partial charge is 0.348 e. The molecule has 1 aromatic rings. The predicted molar refractivity (Wildman–Crippen MR) is 79.3 cm³/mol. The van der Waals surface area contributed by atoms with Crippen molar-refractivity contribution in [2.75, 3.05) is 13.6 Å². The summed E-state index contributed by atoms with van der Waals surface area (Å²) in [5, 5.41) is 7.47. The fraction of sp³-hybridized carbons (Fsp3) is 0.667. The van der Waals surface area contributed by atoms with Gasteiger partial charge in [0.05, 0.1) is 7.05 Å². The molecule has 2 rings (SSSR count). The zero-order valence-corrected chi connectivity index (χ0v) is 12.8. The van der Waals surface area contributed by atoms with E-state index in [9.17, 15) is 4.79 Å². The van der Waals surface area contributed by atoms with Crippen LogP contribution in [0.3, 0.4) is 0 Å². The van der Waals surface area contributed by atoms with E-state index in [4.69, 9.17) is 0 Å². The number of quaternary nitrogens is 1. The Hall–Kier alpha value is -0.870. The number of thiophene rings is 1. The molecule has 3 atom stereocenters. The molecule has 0 bridgehead atoms. The molecule has 0 saturated heterocycles. The summed E-state index contributed by atoms with van der Waals surface area (Å²) in [7, 11) is 2.08. The second kappa shape index (κ2) is 7.06.